The molecule has 0 radical (unpaired) electrons. The van der Waals surface area contributed by atoms with Gasteiger partial charge in [0.1, 0.15) is 5.75 Å². The summed E-state index contributed by atoms with van der Waals surface area (Å²) in [5.41, 5.74) is 0.610. The number of nitrogens with one attached hydrogen (secondary N) is 1. The van der Waals surface area contributed by atoms with Gasteiger partial charge in [0.05, 0.1) is 12.7 Å². The summed E-state index contributed by atoms with van der Waals surface area (Å²) in [7, 11) is 1.59. The van der Waals surface area contributed by atoms with E-state index in [0.29, 0.717) is 17.9 Å². The van der Waals surface area contributed by atoms with Gasteiger partial charge in [-0.1, -0.05) is 22.6 Å². The van der Waals surface area contributed by atoms with Crippen LogP contribution in [0.4, 0.5) is 0 Å². The second kappa shape index (κ2) is 7.92. The number of unbranched alkanes of at least 4 members (excludes halogenated alkanes) is 1. The average molecular weight is 412 g/mol. The Morgan fingerprint density at radius 3 is 2.88 bits per heavy atom. The number of benzene rings is 1. The molecular weight excluding hydrogens is 397 g/mol. The van der Waals surface area contributed by atoms with E-state index in [0.717, 1.165) is 21.7 Å². The fourth-order valence-electron chi connectivity index (χ4n) is 1.32. The third-order valence-electron chi connectivity index (χ3n) is 2.26. The predicted molar refractivity (Wildman–Crippen MR) is 81.1 cm³/mol. The van der Waals surface area contributed by atoms with Gasteiger partial charge in [-0.05, 0) is 51.4 Å². The Labute approximate surface area is 124 Å². The number of hydrogen-bond donors (Lipinski definition) is 1. The Kier molecular flexibility index (Phi) is 6.87. The molecular formula is C12H15BrINO2. The molecule has 0 saturated heterocycles. The topological polar surface area (TPSA) is 38.3 Å². The molecule has 0 spiro atoms. The second-order valence-corrected chi connectivity index (χ2v) is 5.43. The minimum absolute atomic E-state index is 0.0655. The largest absolute Gasteiger partial charge is 0.497 e. The molecule has 17 heavy (non-hydrogen) atoms. The third kappa shape index (κ3) is 4.83. The van der Waals surface area contributed by atoms with E-state index in [1.165, 1.54) is 0 Å². The molecule has 1 aromatic rings. The van der Waals surface area contributed by atoms with Crippen LogP contribution in [-0.2, 0) is 0 Å². The molecule has 0 aliphatic heterocycles. The SMILES string of the molecule is COc1ccc(Br)c(C(=O)NCCCCI)c1. The van der Waals surface area contributed by atoms with Gasteiger partial charge in [0.15, 0.2) is 0 Å². The first kappa shape index (κ1) is 14.8. The highest BCUT2D eigenvalue weighted by Gasteiger charge is 2.10. The highest BCUT2D eigenvalue weighted by molar-refractivity contribution is 14.1. The lowest BCUT2D eigenvalue weighted by atomic mass is 10.2. The van der Waals surface area contributed by atoms with E-state index in [1.54, 1.807) is 13.2 Å². The number of amides is 1. The third-order valence-corrected chi connectivity index (χ3v) is 3.72. The number of rotatable bonds is 6. The number of alkyl halides is 1. The zero-order chi connectivity index (χ0) is 12.7. The Morgan fingerprint density at radius 1 is 1.47 bits per heavy atom. The van der Waals surface area contributed by atoms with Crippen molar-refractivity contribution in [1.82, 2.24) is 5.32 Å². The normalized spacial score (nSPS) is 10.1. The van der Waals surface area contributed by atoms with Crippen LogP contribution in [0.15, 0.2) is 22.7 Å². The summed E-state index contributed by atoms with van der Waals surface area (Å²) in [6, 6.07) is 5.37. The van der Waals surface area contributed by atoms with Gasteiger partial charge in [0.25, 0.3) is 5.91 Å². The standard InChI is InChI=1S/C12H15BrINO2/c1-17-9-4-5-11(13)10(8-9)12(16)15-7-3-2-6-14/h4-5,8H,2-3,6-7H2,1H3,(H,15,16). The summed E-state index contributed by atoms with van der Waals surface area (Å²) in [4.78, 5) is 11.9. The first-order valence-electron chi connectivity index (χ1n) is 5.36. The summed E-state index contributed by atoms with van der Waals surface area (Å²) in [5.74, 6) is 0.620. The van der Waals surface area contributed by atoms with E-state index in [4.69, 9.17) is 4.74 Å². The van der Waals surface area contributed by atoms with Crippen LogP contribution < -0.4 is 10.1 Å². The molecule has 0 heterocycles. The van der Waals surface area contributed by atoms with Crippen LogP contribution in [-0.4, -0.2) is 24.0 Å². The molecule has 5 heteroatoms. The van der Waals surface area contributed by atoms with Crippen LogP contribution in [0.1, 0.15) is 23.2 Å². The lowest BCUT2D eigenvalue weighted by Gasteiger charge is -2.08. The molecule has 0 bridgehead atoms. The van der Waals surface area contributed by atoms with Gasteiger partial charge in [-0.15, -0.1) is 0 Å². The molecule has 0 aliphatic carbocycles. The molecule has 0 atom stereocenters. The molecule has 1 rings (SSSR count). The van der Waals surface area contributed by atoms with Crippen molar-refractivity contribution in [3.8, 4) is 5.75 Å². The fourth-order valence-corrected chi connectivity index (χ4v) is 2.29. The number of carbonyl (C=O) groups is 1. The van der Waals surface area contributed by atoms with Gasteiger partial charge >= 0.3 is 0 Å². The zero-order valence-corrected chi connectivity index (χ0v) is 13.4. The molecule has 0 aliphatic rings. The lowest BCUT2D eigenvalue weighted by Crippen LogP contribution is -2.24. The van der Waals surface area contributed by atoms with Gasteiger partial charge in [-0.3, -0.25) is 4.79 Å². The van der Waals surface area contributed by atoms with E-state index < -0.39 is 0 Å². The summed E-state index contributed by atoms with van der Waals surface area (Å²) in [5, 5.41) is 2.90. The van der Waals surface area contributed by atoms with Gasteiger partial charge in [0, 0.05) is 11.0 Å². The van der Waals surface area contributed by atoms with Crippen molar-refractivity contribution in [3.63, 3.8) is 0 Å². The van der Waals surface area contributed by atoms with E-state index >= 15 is 0 Å². The number of ether oxygens (including phenoxy) is 1. The molecule has 3 nitrogen and oxygen atoms in total. The number of carbonyl (C=O) groups excluding carboxylic acids is 1. The lowest BCUT2D eigenvalue weighted by molar-refractivity contribution is 0.0952. The Hall–Kier alpha value is -0.300. The smallest absolute Gasteiger partial charge is 0.252 e. The monoisotopic (exact) mass is 411 g/mol. The molecule has 94 valence electrons. The van der Waals surface area contributed by atoms with Crippen LogP contribution >= 0.6 is 38.5 Å². The summed E-state index contributed by atoms with van der Waals surface area (Å²) in [6.45, 7) is 0.714. The van der Waals surface area contributed by atoms with E-state index in [-0.39, 0.29) is 5.91 Å². The Balaban J connectivity index is 2.61. The van der Waals surface area contributed by atoms with Gasteiger partial charge in [0.2, 0.25) is 0 Å². The van der Waals surface area contributed by atoms with Gasteiger partial charge < -0.3 is 10.1 Å². The van der Waals surface area contributed by atoms with E-state index in [9.17, 15) is 4.79 Å². The Morgan fingerprint density at radius 2 is 2.24 bits per heavy atom. The predicted octanol–water partition coefficient (Wildman–Crippen LogP) is 3.40. The van der Waals surface area contributed by atoms with Crippen LogP contribution in [0.2, 0.25) is 0 Å². The summed E-state index contributed by atoms with van der Waals surface area (Å²) in [6.07, 6.45) is 2.14. The van der Waals surface area contributed by atoms with Gasteiger partial charge in [-0.2, -0.15) is 0 Å². The maximum Gasteiger partial charge on any atom is 0.252 e. The highest BCUT2D eigenvalue weighted by Crippen LogP contribution is 2.22. The van der Waals surface area contributed by atoms with E-state index in [2.05, 4.69) is 43.8 Å². The minimum Gasteiger partial charge on any atom is -0.497 e. The fraction of sp³-hybridized carbons (Fsp3) is 0.417. The van der Waals surface area contributed by atoms with Crippen LogP contribution in [0.3, 0.4) is 0 Å². The summed E-state index contributed by atoms with van der Waals surface area (Å²) >= 11 is 5.70. The van der Waals surface area contributed by atoms with Crippen molar-refractivity contribution in [3.05, 3.63) is 28.2 Å². The molecule has 0 unspecified atom stereocenters. The first-order valence-corrected chi connectivity index (χ1v) is 7.68. The Bertz CT molecular complexity index is 385. The van der Waals surface area contributed by atoms with Crippen molar-refractivity contribution < 1.29 is 9.53 Å². The molecule has 1 aromatic carbocycles. The second-order valence-electron chi connectivity index (χ2n) is 3.50. The van der Waals surface area contributed by atoms with Crippen LogP contribution in [0.5, 0.6) is 5.75 Å². The molecule has 0 saturated carbocycles. The quantitative estimate of drug-likeness (QED) is 0.442. The van der Waals surface area contributed by atoms with Crippen molar-refractivity contribution >= 4 is 44.4 Å². The molecule has 1 amide bonds. The van der Waals surface area contributed by atoms with Crippen LogP contribution in [0.25, 0.3) is 0 Å². The number of hydrogen-bond acceptors (Lipinski definition) is 2. The average Bonchev–Trinajstić information content (AvgIpc) is 2.35. The van der Waals surface area contributed by atoms with E-state index in [1.807, 2.05) is 12.1 Å². The van der Waals surface area contributed by atoms with Gasteiger partial charge in [-0.25, -0.2) is 0 Å². The first-order chi connectivity index (χ1) is 8.19. The number of methoxy groups -OCH3 is 1. The summed E-state index contributed by atoms with van der Waals surface area (Å²) < 4.78 is 7.00. The highest BCUT2D eigenvalue weighted by atomic mass is 127. The van der Waals surface area contributed by atoms with Crippen molar-refractivity contribution in [2.75, 3.05) is 18.1 Å². The maximum absolute atomic E-state index is 11.9. The molecule has 0 fully saturated rings. The number of halogens is 2. The molecule has 0 aromatic heterocycles. The minimum atomic E-state index is -0.0655. The van der Waals surface area contributed by atoms with Crippen molar-refractivity contribution in [2.24, 2.45) is 0 Å². The zero-order valence-electron chi connectivity index (χ0n) is 9.63. The molecule has 1 N–H and O–H groups in total. The van der Waals surface area contributed by atoms with Crippen molar-refractivity contribution in [1.29, 1.82) is 0 Å². The maximum atomic E-state index is 11.9. The van der Waals surface area contributed by atoms with Crippen molar-refractivity contribution in [2.45, 2.75) is 12.8 Å². The van der Waals surface area contributed by atoms with Crippen LogP contribution in [0, 0.1) is 0 Å².